The first-order valence-electron chi connectivity index (χ1n) is 7.74. The van der Waals surface area contributed by atoms with Crippen molar-refractivity contribution in [3.05, 3.63) is 59.3 Å². The standard InChI is InChI=1S/C17H9F6N3O2S/c18-16(19,20)10-3-1-2-9(6-10)13(27)8-29-15-26-25-14(28-15)12-5-4-11(7-24-12)17(21,22)23/h1-7H,8H2. The van der Waals surface area contributed by atoms with Gasteiger partial charge in [-0.2, -0.15) is 26.3 Å². The maximum atomic E-state index is 12.7. The van der Waals surface area contributed by atoms with E-state index in [0.29, 0.717) is 6.20 Å². The number of thioether (sulfide) groups is 1. The number of hydrogen-bond donors (Lipinski definition) is 0. The molecular formula is C17H9F6N3O2S. The lowest BCUT2D eigenvalue weighted by atomic mass is 10.1. The van der Waals surface area contributed by atoms with Gasteiger partial charge in [-0.15, -0.1) is 10.2 Å². The van der Waals surface area contributed by atoms with Gasteiger partial charge >= 0.3 is 12.4 Å². The molecule has 29 heavy (non-hydrogen) atoms. The molecule has 12 heteroatoms. The van der Waals surface area contributed by atoms with Crippen LogP contribution in [-0.4, -0.2) is 26.7 Å². The van der Waals surface area contributed by atoms with Gasteiger partial charge in [0.05, 0.1) is 16.9 Å². The number of benzene rings is 1. The van der Waals surface area contributed by atoms with Crippen molar-refractivity contribution in [3.63, 3.8) is 0 Å². The number of alkyl halides is 6. The lowest BCUT2D eigenvalue weighted by Crippen LogP contribution is -2.08. The predicted molar refractivity (Wildman–Crippen MR) is 89.0 cm³/mol. The number of hydrogen-bond acceptors (Lipinski definition) is 6. The minimum atomic E-state index is -4.57. The highest BCUT2D eigenvalue weighted by atomic mass is 32.2. The summed E-state index contributed by atoms with van der Waals surface area (Å²) in [5.74, 6) is -1.02. The van der Waals surface area contributed by atoms with Crippen molar-refractivity contribution in [2.45, 2.75) is 17.6 Å². The van der Waals surface area contributed by atoms with E-state index >= 15 is 0 Å². The van der Waals surface area contributed by atoms with E-state index in [-0.39, 0.29) is 28.1 Å². The largest absolute Gasteiger partial charge is 0.417 e. The molecule has 0 aliphatic heterocycles. The van der Waals surface area contributed by atoms with Crippen LogP contribution in [0.5, 0.6) is 0 Å². The number of carbonyl (C=O) groups excluding carboxylic acids is 1. The summed E-state index contributed by atoms with van der Waals surface area (Å²) in [6, 6.07) is 5.83. The highest BCUT2D eigenvalue weighted by Gasteiger charge is 2.31. The van der Waals surface area contributed by atoms with E-state index in [1.165, 1.54) is 6.07 Å². The van der Waals surface area contributed by atoms with Crippen LogP contribution in [0.3, 0.4) is 0 Å². The van der Waals surface area contributed by atoms with E-state index in [0.717, 1.165) is 42.1 Å². The zero-order valence-electron chi connectivity index (χ0n) is 14.1. The van der Waals surface area contributed by atoms with Crippen LogP contribution in [0.25, 0.3) is 11.6 Å². The summed E-state index contributed by atoms with van der Waals surface area (Å²) in [7, 11) is 0. The van der Waals surface area contributed by atoms with Gasteiger partial charge in [-0.1, -0.05) is 23.9 Å². The quantitative estimate of drug-likeness (QED) is 0.315. The third-order valence-corrected chi connectivity index (χ3v) is 4.37. The van der Waals surface area contributed by atoms with Gasteiger partial charge in [-0.3, -0.25) is 9.78 Å². The number of ketones is 1. The lowest BCUT2D eigenvalue weighted by molar-refractivity contribution is -0.138. The molecule has 0 aliphatic rings. The number of nitrogens with zero attached hydrogens (tertiary/aromatic N) is 3. The van der Waals surface area contributed by atoms with Crippen molar-refractivity contribution in [1.29, 1.82) is 0 Å². The molecule has 2 heterocycles. The molecule has 0 radical (unpaired) electrons. The fraction of sp³-hybridized carbons (Fsp3) is 0.176. The molecule has 3 aromatic rings. The molecule has 0 amide bonds. The summed E-state index contributed by atoms with van der Waals surface area (Å²) >= 11 is 0.781. The van der Waals surface area contributed by atoms with Crippen molar-refractivity contribution < 1.29 is 35.6 Å². The van der Waals surface area contributed by atoms with Gasteiger partial charge < -0.3 is 4.42 Å². The average molecular weight is 433 g/mol. The van der Waals surface area contributed by atoms with Crippen LogP contribution in [0.2, 0.25) is 0 Å². The Hall–Kier alpha value is -2.89. The number of Topliss-reactive ketones (excluding diaryl/α,β-unsaturated/α-hetero) is 1. The topological polar surface area (TPSA) is 68.9 Å². The summed E-state index contributed by atoms with van der Waals surface area (Å²) in [4.78, 5) is 15.7. The molecule has 3 rings (SSSR count). The summed E-state index contributed by atoms with van der Waals surface area (Å²) in [6.07, 6.45) is -8.49. The zero-order valence-corrected chi connectivity index (χ0v) is 14.9. The third kappa shape index (κ3) is 5.13. The summed E-state index contributed by atoms with van der Waals surface area (Å²) in [6.45, 7) is 0. The molecule has 0 saturated carbocycles. The van der Waals surface area contributed by atoms with Crippen LogP contribution in [0.1, 0.15) is 21.5 Å². The van der Waals surface area contributed by atoms with Gasteiger partial charge in [0.1, 0.15) is 5.69 Å². The second kappa shape index (κ2) is 7.85. The minimum Gasteiger partial charge on any atom is -0.410 e. The van der Waals surface area contributed by atoms with Crippen molar-refractivity contribution in [3.8, 4) is 11.6 Å². The van der Waals surface area contributed by atoms with Gasteiger partial charge in [0.25, 0.3) is 11.1 Å². The van der Waals surface area contributed by atoms with Gasteiger partial charge in [-0.05, 0) is 24.3 Å². The first kappa shape index (κ1) is 20.8. The van der Waals surface area contributed by atoms with Gasteiger partial charge in [0.2, 0.25) is 0 Å². The molecule has 0 saturated heterocycles. The Morgan fingerprint density at radius 2 is 1.69 bits per heavy atom. The van der Waals surface area contributed by atoms with Crippen LogP contribution in [-0.2, 0) is 12.4 Å². The number of aromatic nitrogens is 3. The summed E-state index contributed by atoms with van der Waals surface area (Å²) < 4.78 is 81.0. The normalized spacial score (nSPS) is 12.2. The summed E-state index contributed by atoms with van der Waals surface area (Å²) in [5, 5.41) is 7.19. The molecule has 0 spiro atoms. The minimum absolute atomic E-state index is 0.00144. The second-order valence-electron chi connectivity index (χ2n) is 5.59. The molecule has 2 aromatic heterocycles. The van der Waals surface area contributed by atoms with Crippen molar-refractivity contribution in [1.82, 2.24) is 15.2 Å². The average Bonchev–Trinajstić information content (AvgIpc) is 3.14. The molecular weight excluding hydrogens is 424 g/mol. The van der Waals surface area contributed by atoms with E-state index in [9.17, 15) is 31.1 Å². The first-order chi connectivity index (χ1) is 13.5. The Labute approximate surface area is 163 Å². The maximum absolute atomic E-state index is 12.7. The molecule has 0 aliphatic carbocycles. The van der Waals surface area contributed by atoms with Gasteiger partial charge in [-0.25, -0.2) is 0 Å². The van der Waals surface area contributed by atoms with Crippen LogP contribution in [0, 0.1) is 0 Å². The SMILES string of the molecule is O=C(CSc1nnc(-c2ccc(C(F)(F)F)cn2)o1)c1cccc(C(F)(F)F)c1. The van der Waals surface area contributed by atoms with Crippen LogP contribution >= 0.6 is 11.8 Å². The molecule has 152 valence electrons. The van der Waals surface area contributed by atoms with Crippen LogP contribution in [0.15, 0.2) is 52.2 Å². The van der Waals surface area contributed by atoms with Crippen molar-refractivity contribution >= 4 is 17.5 Å². The molecule has 5 nitrogen and oxygen atoms in total. The molecule has 1 aromatic carbocycles. The summed E-state index contributed by atoms with van der Waals surface area (Å²) in [5.41, 5.74) is -2.01. The van der Waals surface area contributed by atoms with E-state index in [1.54, 1.807) is 0 Å². The number of pyridine rings is 1. The van der Waals surface area contributed by atoms with Crippen LogP contribution < -0.4 is 0 Å². The van der Waals surface area contributed by atoms with E-state index in [2.05, 4.69) is 15.2 Å². The molecule has 0 fully saturated rings. The van der Waals surface area contributed by atoms with E-state index < -0.39 is 29.3 Å². The third-order valence-electron chi connectivity index (χ3n) is 3.55. The van der Waals surface area contributed by atoms with Gasteiger partial charge in [0, 0.05) is 11.8 Å². The number of halogens is 6. The number of carbonyl (C=O) groups is 1. The fourth-order valence-electron chi connectivity index (χ4n) is 2.14. The van der Waals surface area contributed by atoms with E-state index in [1.807, 2.05) is 0 Å². The Morgan fingerprint density at radius 3 is 2.31 bits per heavy atom. The fourth-order valence-corrected chi connectivity index (χ4v) is 2.80. The zero-order chi connectivity index (χ0) is 21.2. The molecule has 0 N–H and O–H groups in total. The maximum Gasteiger partial charge on any atom is 0.417 e. The number of rotatable bonds is 5. The van der Waals surface area contributed by atoms with Crippen LogP contribution in [0.4, 0.5) is 26.3 Å². The van der Waals surface area contributed by atoms with Crippen molar-refractivity contribution in [2.24, 2.45) is 0 Å². The first-order valence-corrected chi connectivity index (χ1v) is 8.73. The highest BCUT2D eigenvalue weighted by molar-refractivity contribution is 7.99. The van der Waals surface area contributed by atoms with Gasteiger partial charge in [0.15, 0.2) is 5.78 Å². The molecule has 0 unspecified atom stereocenters. The Bertz CT molecular complexity index is 1010. The Kier molecular flexibility index (Phi) is 5.64. The lowest BCUT2D eigenvalue weighted by Gasteiger charge is -2.07. The Morgan fingerprint density at radius 1 is 0.966 bits per heavy atom. The predicted octanol–water partition coefficient (Wildman–Crippen LogP) is 5.14. The monoisotopic (exact) mass is 433 g/mol. The molecule has 0 atom stereocenters. The Balaban J connectivity index is 1.66. The van der Waals surface area contributed by atoms with Crippen molar-refractivity contribution in [2.75, 3.05) is 5.75 Å². The second-order valence-corrected chi connectivity index (χ2v) is 6.52. The smallest absolute Gasteiger partial charge is 0.410 e. The highest BCUT2D eigenvalue weighted by Crippen LogP contribution is 2.31. The molecule has 0 bridgehead atoms. The van der Waals surface area contributed by atoms with E-state index in [4.69, 9.17) is 4.42 Å².